The second kappa shape index (κ2) is 24.3. The molecule has 1 saturated carbocycles. The predicted molar refractivity (Wildman–Crippen MR) is 233 cm³/mol. The number of fused-ring (bicyclic) bond motifs is 1. The van der Waals surface area contributed by atoms with Gasteiger partial charge in [-0.15, -0.1) is 0 Å². The Balaban J connectivity index is 0.939. The number of esters is 1. The highest BCUT2D eigenvalue weighted by molar-refractivity contribution is 6.06. The molecule has 1 heterocycles. The molecule has 12 nitrogen and oxygen atoms in total. The lowest BCUT2D eigenvalue weighted by atomic mass is 9.87. The summed E-state index contributed by atoms with van der Waals surface area (Å²) >= 11 is 0. The van der Waals surface area contributed by atoms with Crippen LogP contribution in [0.4, 0.5) is 5.69 Å². The largest absolute Gasteiger partial charge is 0.490 e. The molecule has 0 saturated heterocycles. The van der Waals surface area contributed by atoms with E-state index < -0.39 is 0 Å². The van der Waals surface area contributed by atoms with E-state index in [1.54, 1.807) is 12.3 Å². The number of carbonyl (C=O) groups is 3. The van der Waals surface area contributed by atoms with E-state index in [1.165, 1.54) is 11.1 Å². The van der Waals surface area contributed by atoms with E-state index >= 15 is 0 Å². The van der Waals surface area contributed by atoms with Gasteiger partial charge in [0.1, 0.15) is 5.75 Å². The predicted octanol–water partition coefficient (Wildman–Crippen LogP) is 7.75. The van der Waals surface area contributed by atoms with Crippen molar-refractivity contribution in [2.75, 3.05) is 64.8 Å². The number of hydrogen-bond acceptors (Lipinski definition) is 9. The number of aromatic amines is 1. The van der Waals surface area contributed by atoms with Crippen molar-refractivity contribution in [3.05, 3.63) is 113 Å². The van der Waals surface area contributed by atoms with Gasteiger partial charge in [0.25, 0.3) is 11.8 Å². The van der Waals surface area contributed by atoms with Crippen LogP contribution in [0.25, 0.3) is 11.3 Å². The van der Waals surface area contributed by atoms with Crippen LogP contribution in [0.15, 0.2) is 85.1 Å². The van der Waals surface area contributed by atoms with Crippen molar-refractivity contribution in [1.82, 2.24) is 5.32 Å². The summed E-state index contributed by atoms with van der Waals surface area (Å²) in [7, 11) is 0. The van der Waals surface area contributed by atoms with Crippen molar-refractivity contribution in [3.63, 3.8) is 0 Å². The fourth-order valence-corrected chi connectivity index (χ4v) is 7.21. The molecular formula is C49H62N3O9+. The molecule has 12 heteroatoms. The zero-order valence-electron chi connectivity index (χ0n) is 35.7. The Hall–Kier alpha value is -5.14. The van der Waals surface area contributed by atoms with Crippen molar-refractivity contribution >= 4 is 23.5 Å². The van der Waals surface area contributed by atoms with Gasteiger partial charge in [-0.25, -0.2) is 4.98 Å². The monoisotopic (exact) mass is 836 g/mol. The van der Waals surface area contributed by atoms with E-state index in [1.807, 2.05) is 68.4 Å². The van der Waals surface area contributed by atoms with E-state index in [2.05, 4.69) is 33.8 Å². The molecule has 0 radical (unpaired) electrons. The SMILES string of the molecule is CC(C)COC(=O)CCOCCOCCOCCOCCCc1cccc(C(=O)Nc2ccc(OC3CCC3)cc2-c2cc(C(=O)N[C@H]3CCCc4ccccc43)cc[nH+]2)c1. The Morgan fingerprint density at radius 3 is 2.23 bits per heavy atom. The molecule has 2 amide bonds. The summed E-state index contributed by atoms with van der Waals surface area (Å²) in [6.45, 7) is 8.00. The zero-order chi connectivity index (χ0) is 42.7. The number of ether oxygens (including phenoxy) is 6. The van der Waals surface area contributed by atoms with Crippen molar-refractivity contribution in [3.8, 4) is 17.0 Å². The summed E-state index contributed by atoms with van der Waals surface area (Å²) in [4.78, 5) is 42.3. The second-order valence-electron chi connectivity index (χ2n) is 16.0. The second-order valence-corrected chi connectivity index (χ2v) is 16.0. The molecule has 0 spiro atoms. The van der Waals surface area contributed by atoms with Crippen LogP contribution in [0.2, 0.25) is 0 Å². The highest BCUT2D eigenvalue weighted by atomic mass is 16.6. The van der Waals surface area contributed by atoms with Crippen LogP contribution in [0.1, 0.15) is 102 Å². The lowest BCUT2D eigenvalue weighted by Crippen LogP contribution is -2.31. The summed E-state index contributed by atoms with van der Waals surface area (Å²) < 4.78 is 33.7. The minimum absolute atomic E-state index is 0.0383. The van der Waals surface area contributed by atoms with Gasteiger partial charge in [-0.05, 0) is 104 Å². The maximum atomic E-state index is 13.7. The summed E-state index contributed by atoms with van der Waals surface area (Å²) in [6.07, 6.45) is 9.88. The number of hydrogen-bond donors (Lipinski definition) is 2. The third kappa shape index (κ3) is 14.8. The summed E-state index contributed by atoms with van der Waals surface area (Å²) in [6, 6.07) is 25.2. The van der Waals surface area contributed by atoms with Crippen LogP contribution in [-0.4, -0.2) is 83.3 Å². The van der Waals surface area contributed by atoms with Crippen LogP contribution in [-0.2, 0) is 41.3 Å². The molecule has 0 unspecified atom stereocenters. The van der Waals surface area contributed by atoms with Crippen molar-refractivity contribution in [1.29, 1.82) is 0 Å². The fraction of sp³-hybridized carbons (Fsp3) is 0.469. The quantitative estimate of drug-likeness (QED) is 0.0506. The number of rotatable bonds is 25. The van der Waals surface area contributed by atoms with E-state index in [0.29, 0.717) is 87.9 Å². The minimum atomic E-state index is -0.245. The van der Waals surface area contributed by atoms with E-state index in [0.717, 1.165) is 68.2 Å². The summed E-state index contributed by atoms with van der Waals surface area (Å²) in [5.41, 5.74) is 6.61. The first-order chi connectivity index (χ1) is 29.8. The van der Waals surface area contributed by atoms with Crippen molar-refractivity contribution in [2.24, 2.45) is 5.92 Å². The number of anilines is 1. The Kier molecular flexibility index (Phi) is 18.1. The van der Waals surface area contributed by atoms with E-state index in [9.17, 15) is 14.4 Å². The first kappa shape index (κ1) is 45.4. The normalized spacial score (nSPS) is 14.8. The first-order valence-electron chi connectivity index (χ1n) is 21.9. The number of amides is 2. The molecule has 0 aliphatic heterocycles. The molecule has 6 rings (SSSR count). The van der Waals surface area contributed by atoms with Gasteiger partial charge in [0, 0.05) is 24.3 Å². The number of aromatic nitrogens is 1. The fourth-order valence-electron chi connectivity index (χ4n) is 7.21. The van der Waals surface area contributed by atoms with E-state index in [-0.39, 0.29) is 36.4 Å². The molecule has 2 aliphatic carbocycles. The van der Waals surface area contributed by atoms with Crippen LogP contribution in [0.5, 0.6) is 5.75 Å². The van der Waals surface area contributed by atoms with Gasteiger partial charge in [0.15, 0.2) is 6.20 Å². The Morgan fingerprint density at radius 2 is 1.48 bits per heavy atom. The van der Waals surface area contributed by atoms with Gasteiger partial charge in [-0.1, -0.05) is 50.2 Å². The lowest BCUT2D eigenvalue weighted by Gasteiger charge is -2.26. The first-order valence-corrected chi connectivity index (χ1v) is 21.9. The standard InChI is InChI=1S/C49H61N3O9/c1-35(2)34-60-47(53)21-24-57-26-28-59-30-29-58-27-25-56-23-8-10-36-9-5-13-38(31-36)48(54)52-45-19-18-41(61-40-14-7-15-40)33-43(45)46-32-39(20-22-50-46)49(55)51-44-17-6-12-37-11-3-4-16-42(37)44/h3-5,9,11,13,16,18-20,22,31-33,35,40,44H,6-8,10,12,14-15,17,21,23-30,34H2,1-2H3,(H,51,55)(H,52,54)/p+1/t44-/m0/s1. The zero-order valence-corrected chi connectivity index (χ0v) is 35.7. The maximum absolute atomic E-state index is 13.7. The number of H-pyrrole nitrogens is 1. The molecule has 61 heavy (non-hydrogen) atoms. The van der Waals surface area contributed by atoms with Gasteiger partial charge in [-0.3, -0.25) is 14.4 Å². The number of aryl methyl sites for hydroxylation is 2. The molecule has 3 aromatic carbocycles. The smallest absolute Gasteiger partial charge is 0.308 e. The van der Waals surface area contributed by atoms with Crippen LogP contribution >= 0.6 is 0 Å². The summed E-state index contributed by atoms with van der Waals surface area (Å²) in [5, 5.41) is 6.40. The number of nitrogens with one attached hydrogen (secondary N) is 3. The average molecular weight is 837 g/mol. The molecular weight excluding hydrogens is 775 g/mol. The third-order valence-electron chi connectivity index (χ3n) is 10.7. The number of benzene rings is 3. The average Bonchev–Trinajstić information content (AvgIpc) is 3.26. The molecule has 2 aliphatic rings. The third-order valence-corrected chi connectivity index (χ3v) is 10.7. The minimum Gasteiger partial charge on any atom is -0.490 e. The van der Waals surface area contributed by atoms with Crippen LogP contribution < -0.4 is 20.4 Å². The molecule has 3 N–H and O–H groups in total. The lowest BCUT2D eigenvalue weighted by molar-refractivity contribution is -0.364. The highest BCUT2D eigenvalue weighted by Crippen LogP contribution is 2.34. The van der Waals surface area contributed by atoms with Gasteiger partial charge in [-0.2, -0.15) is 0 Å². The summed E-state index contributed by atoms with van der Waals surface area (Å²) in [5.74, 6) is 0.419. The number of carbonyl (C=O) groups excluding carboxylic acids is 3. The van der Waals surface area contributed by atoms with Crippen LogP contribution in [0.3, 0.4) is 0 Å². The van der Waals surface area contributed by atoms with Crippen LogP contribution in [0, 0.1) is 5.92 Å². The van der Waals surface area contributed by atoms with Gasteiger partial charge >= 0.3 is 5.97 Å². The topological polar surface area (TPSA) is 145 Å². The molecule has 0 bridgehead atoms. The number of pyridine rings is 1. The highest BCUT2D eigenvalue weighted by Gasteiger charge is 2.25. The van der Waals surface area contributed by atoms with Crippen molar-refractivity contribution in [2.45, 2.75) is 83.8 Å². The Morgan fingerprint density at radius 1 is 0.738 bits per heavy atom. The maximum Gasteiger partial charge on any atom is 0.308 e. The Bertz CT molecular complexity index is 2020. The van der Waals surface area contributed by atoms with Gasteiger partial charge in [0.05, 0.1) is 88.2 Å². The molecule has 1 fully saturated rings. The molecule has 1 atom stereocenters. The van der Waals surface area contributed by atoms with Gasteiger partial charge < -0.3 is 39.1 Å². The van der Waals surface area contributed by atoms with Gasteiger partial charge in [0.2, 0.25) is 5.69 Å². The van der Waals surface area contributed by atoms with Crippen molar-refractivity contribution < 1.29 is 47.8 Å². The molecule has 1 aromatic heterocycles. The Labute approximate surface area is 360 Å². The molecule has 326 valence electrons. The molecule has 4 aromatic rings. The van der Waals surface area contributed by atoms with E-state index in [4.69, 9.17) is 28.4 Å².